The minimum Gasteiger partial charge on any atom is -0.439 e. The molecule has 3 nitrogen and oxygen atoms in total. The average Bonchev–Trinajstić information content (AvgIpc) is 2.59. The SMILES string of the molecule is NC1CCC(=Cc2cc(Oc3ccc(C(F)(F)F)cn3)ccc2F)CC1. The molecule has 1 aliphatic rings. The van der Waals surface area contributed by atoms with E-state index in [1.54, 1.807) is 6.08 Å². The van der Waals surface area contributed by atoms with Gasteiger partial charge < -0.3 is 10.5 Å². The van der Waals surface area contributed by atoms with Gasteiger partial charge in [-0.15, -0.1) is 0 Å². The van der Waals surface area contributed by atoms with Crippen molar-refractivity contribution < 1.29 is 22.3 Å². The van der Waals surface area contributed by atoms with Crippen LogP contribution in [-0.4, -0.2) is 11.0 Å². The summed E-state index contributed by atoms with van der Waals surface area (Å²) in [6.45, 7) is 0. The molecule has 138 valence electrons. The van der Waals surface area contributed by atoms with Gasteiger partial charge >= 0.3 is 6.18 Å². The van der Waals surface area contributed by atoms with Gasteiger partial charge in [0.25, 0.3) is 0 Å². The van der Waals surface area contributed by atoms with Gasteiger partial charge in [-0.05, 0) is 49.9 Å². The van der Waals surface area contributed by atoms with E-state index in [0.29, 0.717) is 17.5 Å². The van der Waals surface area contributed by atoms with E-state index in [2.05, 4.69) is 4.98 Å². The molecule has 7 heteroatoms. The van der Waals surface area contributed by atoms with Gasteiger partial charge in [0.1, 0.15) is 11.6 Å². The third kappa shape index (κ3) is 4.60. The summed E-state index contributed by atoms with van der Waals surface area (Å²) in [5.41, 5.74) is 6.51. The van der Waals surface area contributed by atoms with E-state index in [0.717, 1.165) is 43.4 Å². The molecule has 0 amide bonds. The zero-order chi connectivity index (χ0) is 18.7. The molecule has 2 N–H and O–H groups in total. The van der Waals surface area contributed by atoms with Crippen LogP contribution < -0.4 is 10.5 Å². The minimum atomic E-state index is -4.46. The average molecular weight is 366 g/mol. The van der Waals surface area contributed by atoms with Crippen LogP contribution in [0.4, 0.5) is 17.6 Å². The molecular weight excluding hydrogens is 348 g/mol. The predicted octanol–water partition coefficient (Wildman–Crippen LogP) is 5.32. The van der Waals surface area contributed by atoms with Crippen LogP contribution in [0.3, 0.4) is 0 Å². The molecule has 0 saturated heterocycles. The number of allylic oxidation sites excluding steroid dienone is 1. The van der Waals surface area contributed by atoms with E-state index < -0.39 is 11.7 Å². The maximum atomic E-state index is 14.1. The molecule has 1 aliphatic carbocycles. The molecule has 0 bridgehead atoms. The molecule has 2 aromatic rings. The standard InChI is InChI=1S/C19H18F4N2O/c20-17-7-6-16(10-13(17)9-12-1-4-15(24)5-2-12)26-18-8-3-14(11-25-18)19(21,22)23/h3,6-11,15H,1-2,4-5,24H2. The van der Waals surface area contributed by atoms with E-state index in [1.807, 2.05) is 0 Å². The van der Waals surface area contributed by atoms with E-state index in [1.165, 1.54) is 18.2 Å². The Balaban J connectivity index is 1.76. The lowest BCUT2D eigenvalue weighted by Crippen LogP contribution is -2.23. The topological polar surface area (TPSA) is 48.1 Å². The number of pyridine rings is 1. The number of ether oxygens (including phenoxy) is 1. The van der Waals surface area contributed by atoms with Crippen LogP contribution in [0.1, 0.15) is 36.8 Å². The van der Waals surface area contributed by atoms with Crippen molar-refractivity contribution in [2.24, 2.45) is 5.73 Å². The van der Waals surface area contributed by atoms with Gasteiger partial charge in [-0.25, -0.2) is 9.37 Å². The van der Waals surface area contributed by atoms with Crippen LogP contribution in [0.15, 0.2) is 42.1 Å². The summed E-state index contributed by atoms with van der Waals surface area (Å²) >= 11 is 0. The largest absolute Gasteiger partial charge is 0.439 e. The normalized spacial score (nSPS) is 17.9. The zero-order valence-electron chi connectivity index (χ0n) is 13.9. The molecule has 26 heavy (non-hydrogen) atoms. The van der Waals surface area contributed by atoms with Crippen molar-refractivity contribution in [3.05, 3.63) is 59.0 Å². The first kappa shape index (κ1) is 18.4. The smallest absolute Gasteiger partial charge is 0.417 e. The van der Waals surface area contributed by atoms with Crippen molar-refractivity contribution in [3.8, 4) is 11.6 Å². The van der Waals surface area contributed by atoms with Crippen molar-refractivity contribution in [2.45, 2.75) is 37.9 Å². The highest BCUT2D eigenvalue weighted by Crippen LogP contribution is 2.31. The second-order valence-corrected chi connectivity index (χ2v) is 6.31. The third-order valence-corrected chi connectivity index (χ3v) is 4.29. The van der Waals surface area contributed by atoms with Gasteiger partial charge in [0.15, 0.2) is 0 Å². The first-order chi connectivity index (χ1) is 12.3. The van der Waals surface area contributed by atoms with Crippen molar-refractivity contribution in [2.75, 3.05) is 0 Å². The zero-order valence-corrected chi connectivity index (χ0v) is 13.9. The summed E-state index contributed by atoms with van der Waals surface area (Å²) < 4.78 is 57.2. The Labute approximate surface area is 148 Å². The van der Waals surface area contributed by atoms with Crippen molar-refractivity contribution in [1.29, 1.82) is 0 Å². The Morgan fingerprint density at radius 3 is 2.46 bits per heavy atom. The van der Waals surface area contributed by atoms with Gasteiger partial charge in [0.05, 0.1) is 5.56 Å². The summed E-state index contributed by atoms with van der Waals surface area (Å²) in [7, 11) is 0. The molecule has 0 atom stereocenters. The number of aromatic nitrogens is 1. The summed E-state index contributed by atoms with van der Waals surface area (Å²) in [6, 6.07) is 6.40. The monoisotopic (exact) mass is 366 g/mol. The molecule has 1 aromatic heterocycles. The van der Waals surface area contributed by atoms with Crippen molar-refractivity contribution in [1.82, 2.24) is 4.98 Å². The van der Waals surface area contributed by atoms with Crippen LogP contribution in [0.2, 0.25) is 0 Å². The summed E-state index contributed by atoms with van der Waals surface area (Å²) in [5, 5.41) is 0. The van der Waals surface area contributed by atoms with Gasteiger partial charge in [0, 0.05) is 23.9 Å². The van der Waals surface area contributed by atoms with Crippen molar-refractivity contribution in [3.63, 3.8) is 0 Å². The number of nitrogens with zero attached hydrogens (tertiary/aromatic N) is 1. The Morgan fingerprint density at radius 1 is 1.12 bits per heavy atom. The fourth-order valence-electron chi connectivity index (χ4n) is 2.80. The first-order valence-electron chi connectivity index (χ1n) is 8.27. The number of benzene rings is 1. The summed E-state index contributed by atoms with van der Waals surface area (Å²) in [5.74, 6) is -0.0787. The maximum absolute atomic E-state index is 14.1. The van der Waals surface area contributed by atoms with Crippen LogP contribution in [0, 0.1) is 5.82 Å². The van der Waals surface area contributed by atoms with Gasteiger partial charge in [-0.1, -0.05) is 11.6 Å². The molecule has 0 unspecified atom stereocenters. The lowest BCUT2D eigenvalue weighted by atomic mass is 9.90. The summed E-state index contributed by atoms with van der Waals surface area (Å²) in [4.78, 5) is 3.65. The van der Waals surface area contributed by atoms with Crippen LogP contribution in [0.25, 0.3) is 6.08 Å². The van der Waals surface area contributed by atoms with Gasteiger partial charge in [-0.2, -0.15) is 13.2 Å². The Morgan fingerprint density at radius 2 is 1.85 bits per heavy atom. The molecular formula is C19H18F4N2O. The molecule has 3 rings (SSSR count). The maximum Gasteiger partial charge on any atom is 0.417 e. The highest BCUT2D eigenvalue weighted by atomic mass is 19.4. The van der Waals surface area contributed by atoms with Crippen molar-refractivity contribution >= 4 is 6.08 Å². The quantitative estimate of drug-likeness (QED) is 0.748. The molecule has 0 radical (unpaired) electrons. The second-order valence-electron chi connectivity index (χ2n) is 6.31. The second kappa shape index (κ2) is 7.45. The highest BCUT2D eigenvalue weighted by molar-refractivity contribution is 5.56. The molecule has 1 fully saturated rings. The first-order valence-corrected chi connectivity index (χ1v) is 8.27. The van der Waals surface area contributed by atoms with Gasteiger partial charge in [0.2, 0.25) is 5.88 Å². The number of alkyl halides is 3. The van der Waals surface area contributed by atoms with E-state index in [9.17, 15) is 17.6 Å². The van der Waals surface area contributed by atoms with Crippen LogP contribution >= 0.6 is 0 Å². The van der Waals surface area contributed by atoms with Gasteiger partial charge in [-0.3, -0.25) is 0 Å². The predicted molar refractivity (Wildman–Crippen MR) is 90.1 cm³/mol. The van der Waals surface area contributed by atoms with E-state index >= 15 is 0 Å². The fourth-order valence-corrected chi connectivity index (χ4v) is 2.80. The number of rotatable bonds is 3. The molecule has 1 heterocycles. The molecule has 1 saturated carbocycles. The number of hydrogen-bond donors (Lipinski definition) is 1. The van der Waals surface area contributed by atoms with Crippen LogP contribution in [-0.2, 0) is 6.18 Å². The molecule has 0 aliphatic heterocycles. The Kier molecular flexibility index (Phi) is 5.27. The van der Waals surface area contributed by atoms with E-state index in [4.69, 9.17) is 10.5 Å². The molecule has 0 spiro atoms. The third-order valence-electron chi connectivity index (χ3n) is 4.29. The highest BCUT2D eigenvalue weighted by Gasteiger charge is 2.30. The lowest BCUT2D eigenvalue weighted by molar-refractivity contribution is -0.137. The van der Waals surface area contributed by atoms with E-state index in [-0.39, 0.29) is 17.7 Å². The van der Waals surface area contributed by atoms with Crippen LogP contribution in [0.5, 0.6) is 11.6 Å². The number of hydrogen-bond acceptors (Lipinski definition) is 3. The minimum absolute atomic E-state index is 0.00634. The Bertz CT molecular complexity index is 790. The number of halogens is 4. The molecule has 1 aromatic carbocycles. The Hall–Kier alpha value is -2.41. The lowest BCUT2D eigenvalue weighted by Gasteiger charge is -2.20. The number of nitrogens with two attached hydrogens (primary N) is 1. The summed E-state index contributed by atoms with van der Waals surface area (Å²) in [6.07, 6.45) is 1.43. The fraction of sp³-hybridized carbons (Fsp3) is 0.316.